The zero-order chi connectivity index (χ0) is 11.2. The molecular weight excluding hydrogens is 198 g/mol. The van der Waals surface area contributed by atoms with E-state index in [2.05, 4.69) is 22.6 Å². The van der Waals surface area contributed by atoms with E-state index in [1.807, 2.05) is 0 Å². The average Bonchev–Trinajstić information content (AvgIpc) is 2.33. The minimum Gasteiger partial charge on any atom is -0.314 e. The SMILES string of the molecule is CN1CCCCC1CNCC1CCCCN1. The normalized spacial score (nSPS) is 32.8. The fourth-order valence-corrected chi connectivity index (χ4v) is 2.92. The summed E-state index contributed by atoms with van der Waals surface area (Å²) in [6.07, 6.45) is 8.30. The van der Waals surface area contributed by atoms with Gasteiger partial charge in [0, 0.05) is 25.2 Å². The lowest BCUT2D eigenvalue weighted by atomic mass is 10.0. The number of nitrogens with one attached hydrogen (secondary N) is 2. The Labute approximate surface area is 100.0 Å². The number of piperidine rings is 2. The third-order valence-corrected chi connectivity index (χ3v) is 4.10. The molecule has 3 heteroatoms. The van der Waals surface area contributed by atoms with Crippen molar-refractivity contribution in [3.05, 3.63) is 0 Å². The molecule has 0 bridgehead atoms. The van der Waals surface area contributed by atoms with Gasteiger partial charge in [0.1, 0.15) is 0 Å². The predicted octanol–water partition coefficient (Wildman–Crippen LogP) is 1.20. The van der Waals surface area contributed by atoms with Gasteiger partial charge in [-0.1, -0.05) is 12.8 Å². The van der Waals surface area contributed by atoms with E-state index in [0.717, 1.165) is 18.6 Å². The summed E-state index contributed by atoms with van der Waals surface area (Å²) in [5.74, 6) is 0. The molecule has 3 nitrogen and oxygen atoms in total. The number of likely N-dealkylation sites (tertiary alicyclic amines) is 1. The molecule has 0 aliphatic carbocycles. The summed E-state index contributed by atoms with van der Waals surface area (Å²) in [4.78, 5) is 2.52. The third kappa shape index (κ3) is 3.72. The van der Waals surface area contributed by atoms with E-state index < -0.39 is 0 Å². The third-order valence-electron chi connectivity index (χ3n) is 4.10. The molecule has 2 unspecified atom stereocenters. The molecule has 94 valence electrons. The molecule has 2 saturated heterocycles. The van der Waals surface area contributed by atoms with Gasteiger partial charge in [0.2, 0.25) is 0 Å². The minimum atomic E-state index is 0.725. The Kier molecular flexibility index (Phi) is 5.07. The Hall–Kier alpha value is -0.120. The van der Waals surface area contributed by atoms with E-state index in [0.29, 0.717) is 0 Å². The molecule has 2 aliphatic heterocycles. The first-order valence-corrected chi connectivity index (χ1v) is 7.00. The van der Waals surface area contributed by atoms with Crippen LogP contribution in [0.1, 0.15) is 38.5 Å². The first kappa shape index (κ1) is 12.3. The molecule has 0 aromatic rings. The summed E-state index contributed by atoms with van der Waals surface area (Å²) in [5.41, 5.74) is 0. The lowest BCUT2D eigenvalue weighted by molar-refractivity contribution is 0.180. The first-order chi connectivity index (χ1) is 7.86. The molecule has 2 N–H and O–H groups in total. The van der Waals surface area contributed by atoms with Crippen molar-refractivity contribution in [1.29, 1.82) is 0 Å². The van der Waals surface area contributed by atoms with Crippen molar-refractivity contribution in [2.24, 2.45) is 0 Å². The zero-order valence-electron chi connectivity index (χ0n) is 10.7. The van der Waals surface area contributed by atoms with E-state index in [4.69, 9.17) is 0 Å². The van der Waals surface area contributed by atoms with Crippen molar-refractivity contribution >= 4 is 0 Å². The van der Waals surface area contributed by atoms with Gasteiger partial charge in [-0.3, -0.25) is 0 Å². The van der Waals surface area contributed by atoms with Crippen LogP contribution in [-0.4, -0.2) is 50.2 Å². The van der Waals surface area contributed by atoms with Gasteiger partial charge in [0.25, 0.3) is 0 Å². The van der Waals surface area contributed by atoms with Gasteiger partial charge < -0.3 is 15.5 Å². The van der Waals surface area contributed by atoms with Crippen LogP contribution in [0, 0.1) is 0 Å². The topological polar surface area (TPSA) is 27.3 Å². The van der Waals surface area contributed by atoms with Gasteiger partial charge in [-0.05, 0) is 45.8 Å². The number of hydrogen-bond donors (Lipinski definition) is 2. The molecular formula is C13H27N3. The van der Waals surface area contributed by atoms with Crippen LogP contribution in [0.5, 0.6) is 0 Å². The van der Waals surface area contributed by atoms with Crippen LogP contribution in [0.2, 0.25) is 0 Å². The van der Waals surface area contributed by atoms with E-state index in [9.17, 15) is 0 Å². The van der Waals surface area contributed by atoms with Crippen LogP contribution in [0.15, 0.2) is 0 Å². The highest BCUT2D eigenvalue weighted by Crippen LogP contribution is 2.14. The lowest BCUT2D eigenvalue weighted by Gasteiger charge is -2.33. The quantitative estimate of drug-likeness (QED) is 0.753. The first-order valence-electron chi connectivity index (χ1n) is 7.00. The second-order valence-corrected chi connectivity index (χ2v) is 5.44. The van der Waals surface area contributed by atoms with Gasteiger partial charge in [-0.2, -0.15) is 0 Å². The van der Waals surface area contributed by atoms with Crippen molar-refractivity contribution < 1.29 is 0 Å². The second kappa shape index (κ2) is 6.58. The minimum absolute atomic E-state index is 0.725. The fraction of sp³-hybridized carbons (Fsp3) is 1.00. The Balaban J connectivity index is 1.59. The van der Waals surface area contributed by atoms with Crippen LogP contribution in [0.4, 0.5) is 0 Å². The Morgan fingerprint density at radius 2 is 2.00 bits per heavy atom. The molecule has 2 heterocycles. The largest absolute Gasteiger partial charge is 0.314 e. The molecule has 2 aliphatic rings. The summed E-state index contributed by atoms with van der Waals surface area (Å²) in [6.45, 7) is 4.84. The molecule has 2 rings (SSSR count). The number of hydrogen-bond acceptors (Lipinski definition) is 3. The molecule has 0 radical (unpaired) electrons. The maximum atomic E-state index is 3.65. The van der Waals surface area contributed by atoms with Crippen LogP contribution >= 0.6 is 0 Å². The van der Waals surface area contributed by atoms with Crippen LogP contribution in [-0.2, 0) is 0 Å². The molecule has 0 saturated carbocycles. The molecule has 2 fully saturated rings. The molecule has 0 amide bonds. The van der Waals surface area contributed by atoms with Crippen LogP contribution in [0.3, 0.4) is 0 Å². The van der Waals surface area contributed by atoms with Crippen molar-refractivity contribution in [3.8, 4) is 0 Å². The van der Waals surface area contributed by atoms with Crippen molar-refractivity contribution in [2.45, 2.75) is 50.6 Å². The van der Waals surface area contributed by atoms with E-state index in [-0.39, 0.29) is 0 Å². The summed E-state index contributed by atoms with van der Waals surface area (Å²) >= 11 is 0. The molecule has 0 aromatic carbocycles. The molecule has 0 spiro atoms. The standard InChI is InChI=1S/C13H27N3/c1-16-9-5-3-7-13(16)11-14-10-12-6-2-4-8-15-12/h12-15H,2-11H2,1H3. The second-order valence-electron chi connectivity index (χ2n) is 5.44. The summed E-state index contributed by atoms with van der Waals surface area (Å²) in [7, 11) is 2.27. The van der Waals surface area contributed by atoms with Gasteiger partial charge in [-0.15, -0.1) is 0 Å². The molecule has 16 heavy (non-hydrogen) atoms. The number of nitrogens with zero attached hydrogens (tertiary/aromatic N) is 1. The lowest BCUT2D eigenvalue weighted by Crippen LogP contribution is -2.47. The number of likely N-dealkylation sites (N-methyl/N-ethyl adjacent to an activating group) is 1. The summed E-state index contributed by atoms with van der Waals surface area (Å²) in [6, 6.07) is 1.50. The van der Waals surface area contributed by atoms with Gasteiger partial charge in [0.15, 0.2) is 0 Å². The maximum Gasteiger partial charge on any atom is 0.0217 e. The van der Waals surface area contributed by atoms with E-state index >= 15 is 0 Å². The highest BCUT2D eigenvalue weighted by Gasteiger charge is 2.19. The average molecular weight is 225 g/mol. The van der Waals surface area contributed by atoms with Crippen LogP contribution in [0.25, 0.3) is 0 Å². The highest BCUT2D eigenvalue weighted by molar-refractivity contribution is 4.79. The summed E-state index contributed by atoms with van der Waals surface area (Å²) < 4.78 is 0. The fourth-order valence-electron chi connectivity index (χ4n) is 2.92. The Bertz CT molecular complexity index is 190. The van der Waals surface area contributed by atoms with Gasteiger partial charge >= 0.3 is 0 Å². The Morgan fingerprint density at radius 1 is 1.12 bits per heavy atom. The smallest absolute Gasteiger partial charge is 0.0217 e. The van der Waals surface area contributed by atoms with Crippen molar-refractivity contribution in [2.75, 3.05) is 33.2 Å². The van der Waals surface area contributed by atoms with Crippen molar-refractivity contribution in [1.82, 2.24) is 15.5 Å². The zero-order valence-corrected chi connectivity index (χ0v) is 10.7. The Morgan fingerprint density at radius 3 is 2.75 bits per heavy atom. The molecule has 2 atom stereocenters. The van der Waals surface area contributed by atoms with Crippen molar-refractivity contribution in [3.63, 3.8) is 0 Å². The maximum absolute atomic E-state index is 3.65. The molecule has 0 aromatic heterocycles. The van der Waals surface area contributed by atoms with Gasteiger partial charge in [0.05, 0.1) is 0 Å². The number of rotatable bonds is 4. The monoisotopic (exact) mass is 225 g/mol. The van der Waals surface area contributed by atoms with E-state index in [1.165, 1.54) is 58.2 Å². The van der Waals surface area contributed by atoms with Crippen LogP contribution < -0.4 is 10.6 Å². The van der Waals surface area contributed by atoms with E-state index in [1.54, 1.807) is 0 Å². The van der Waals surface area contributed by atoms with Gasteiger partial charge in [-0.25, -0.2) is 0 Å². The predicted molar refractivity (Wildman–Crippen MR) is 68.8 cm³/mol. The summed E-state index contributed by atoms with van der Waals surface area (Å²) in [5, 5.41) is 7.24. The highest BCUT2D eigenvalue weighted by atomic mass is 15.2.